The van der Waals surface area contributed by atoms with E-state index >= 15 is 0 Å². The molecule has 2 aromatic heterocycles. The van der Waals surface area contributed by atoms with E-state index < -0.39 is 5.97 Å². The normalized spacial score (nSPS) is 10.7. The summed E-state index contributed by atoms with van der Waals surface area (Å²) in [5, 5.41) is 18.9. The van der Waals surface area contributed by atoms with Crippen LogP contribution in [0, 0.1) is 0 Å². The number of hydrogen-bond acceptors (Lipinski definition) is 4. The van der Waals surface area contributed by atoms with Gasteiger partial charge in [0.25, 0.3) is 0 Å². The fourth-order valence-corrected chi connectivity index (χ4v) is 2.20. The highest BCUT2D eigenvalue weighted by Crippen LogP contribution is 2.27. The quantitative estimate of drug-likeness (QED) is 0.771. The maximum Gasteiger partial charge on any atom is 0.356 e. The Hall–Kier alpha value is -3.02. The molecule has 0 aliphatic heterocycles. The van der Waals surface area contributed by atoms with Crippen LogP contribution in [-0.4, -0.2) is 32.7 Å². The predicted octanol–water partition coefficient (Wildman–Crippen LogP) is 2.41. The van der Waals surface area contributed by atoms with E-state index in [1.165, 1.54) is 18.3 Å². The van der Waals surface area contributed by atoms with Gasteiger partial charge in [-0.15, -0.1) is 0 Å². The van der Waals surface area contributed by atoms with Crippen LogP contribution in [0.15, 0.2) is 42.6 Å². The van der Waals surface area contributed by atoms with Crippen molar-refractivity contribution < 1.29 is 19.7 Å². The highest BCUT2D eigenvalue weighted by molar-refractivity contribution is 5.95. The smallest absolute Gasteiger partial charge is 0.356 e. The SMILES string of the molecule is COc1cccc(-c2nc(C(=O)O)c3ccc(O)cn23)c1. The first kappa shape index (κ1) is 13.0. The fourth-order valence-electron chi connectivity index (χ4n) is 2.20. The maximum atomic E-state index is 11.3. The predicted molar refractivity (Wildman–Crippen MR) is 75.8 cm³/mol. The minimum Gasteiger partial charge on any atom is -0.506 e. The molecule has 0 bridgehead atoms. The molecule has 3 aromatic rings. The molecule has 0 radical (unpaired) electrons. The molecule has 0 atom stereocenters. The number of carboxylic acid groups (broad SMARTS) is 1. The summed E-state index contributed by atoms with van der Waals surface area (Å²) in [6.07, 6.45) is 1.43. The third-order valence-electron chi connectivity index (χ3n) is 3.15. The van der Waals surface area contributed by atoms with Crippen molar-refractivity contribution in [2.75, 3.05) is 7.11 Å². The van der Waals surface area contributed by atoms with Gasteiger partial charge in [0.15, 0.2) is 5.69 Å². The minimum atomic E-state index is -1.12. The lowest BCUT2D eigenvalue weighted by Crippen LogP contribution is -1.97. The molecule has 0 spiro atoms. The molecule has 0 unspecified atom stereocenters. The second kappa shape index (κ2) is 4.82. The summed E-state index contributed by atoms with van der Waals surface area (Å²) in [6, 6.07) is 10.1. The topological polar surface area (TPSA) is 84.1 Å². The average molecular weight is 284 g/mol. The van der Waals surface area contributed by atoms with Crippen molar-refractivity contribution in [3.8, 4) is 22.9 Å². The number of pyridine rings is 1. The molecule has 0 aliphatic rings. The van der Waals surface area contributed by atoms with Crippen LogP contribution in [0.2, 0.25) is 0 Å². The lowest BCUT2D eigenvalue weighted by molar-refractivity contribution is 0.0693. The number of rotatable bonds is 3. The molecular formula is C15H12N2O4. The van der Waals surface area contributed by atoms with Crippen molar-refractivity contribution in [3.05, 3.63) is 48.3 Å². The van der Waals surface area contributed by atoms with Crippen molar-refractivity contribution in [1.29, 1.82) is 0 Å². The Morgan fingerprint density at radius 2 is 2.10 bits per heavy atom. The van der Waals surface area contributed by atoms with Gasteiger partial charge in [-0.1, -0.05) is 12.1 Å². The summed E-state index contributed by atoms with van der Waals surface area (Å²) in [6.45, 7) is 0. The standard InChI is InChI=1S/C15H12N2O4/c1-21-11-4-2-3-9(7-11)14-16-13(15(19)20)12-6-5-10(18)8-17(12)14/h2-8,18H,1H3,(H,19,20). The lowest BCUT2D eigenvalue weighted by Gasteiger charge is -2.04. The van der Waals surface area contributed by atoms with Gasteiger partial charge in [-0.05, 0) is 24.3 Å². The van der Waals surface area contributed by atoms with Crippen molar-refractivity contribution in [3.63, 3.8) is 0 Å². The van der Waals surface area contributed by atoms with Gasteiger partial charge in [0.2, 0.25) is 0 Å². The second-order valence-corrected chi connectivity index (χ2v) is 4.46. The van der Waals surface area contributed by atoms with E-state index in [1.54, 1.807) is 35.8 Å². The van der Waals surface area contributed by atoms with E-state index in [9.17, 15) is 15.0 Å². The van der Waals surface area contributed by atoms with E-state index in [-0.39, 0.29) is 11.4 Å². The Bertz CT molecular complexity index is 839. The Labute approximate surface area is 119 Å². The highest BCUT2D eigenvalue weighted by Gasteiger charge is 2.18. The molecule has 0 fully saturated rings. The Balaban J connectivity index is 2.31. The number of aromatic carboxylic acids is 1. The number of fused-ring (bicyclic) bond motifs is 1. The van der Waals surface area contributed by atoms with Crippen molar-refractivity contribution >= 4 is 11.5 Å². The number of imidazole rings is 1. The third-order valence-corrected chi connectivity index (χ3v) is 3.15. The summed E-state index contributed by atoms with van der Waals surface area (Å²) in [4.78, 5) is 15.5. The van der Waals surface area contributed by atoms with Gasteiger partial charge < -0.3 is 14.9 Å². The molecular weight excluding hydrogens is 272 g/mol. The molecule has 6 heteroatoms. The van der Waals surface area contributed by atoms with Crippen molar-refractivity contribution in [2.24, 2.45) is 0 Å². The molecule has 6 nitrogen and oxygen atoms in total. The van der Waals surface area contributed by atoms with Crippen LogP contribution in [0.4, 0.5) is 0 Å². The number of carboxylic acids is 1. The van der Waals surface area contributed by atoms with Crippen molar-refractivity contribution in [2.45, 2.75) is 0 Å². The van der Waals surface area contributed by atoms with Gasteiger partial charge in [0, 0.05) is 5.56 Å². The molecule has 2 N–H and O–H groups in total. The maximum absolute atomic E-state index is 11.3. The van der Waals surface area contributed by atoms with Gasteiger partial charge in [-0.3, -0.25) is 4.40 Å². The molecule has 0 amide bonds. The number of hydrogen-bond donors (Lipinski definition) is 2. The number of benzene rings is 1. The van der Waals surface area contributed by atoms with Gasteiger partial charge >= 0.3 is 5.97 Å². The van der Waals surface area contributed by atoms with Crippen LogP contribution < -0.4 is 4.74 Å². The van der Waals surface area contributed by atoms with Crippen LogP contribution in [0.3, 0.4) is 0 Å². The van der Waals surface area contributed by atoms with Crippen LogP contribution in [0.1, 0.15) is 10.5 Å². The summed E-state index contributed by atoms with van der Waals surface area (Å²) in [5.41, 5.74) is 1.05. The zero-order valence-electron chi connectivity index (χ0n) is 11.1. The van der Waals surface area contributed by atoms with Crippen LogP contribution in [0.25, 0.3) is 16.9 Å². The van der Waals surface area contributed by atoms with Gasteiger partial charge in [-0.25, -0.2) is 9.78 Å². The van der Waals surface area contributed by atoms with Gasteiger partial charge in [0.05, 0.1) is 18.8 Å². The first-order valence-electron chi connectivity index (χ1n) is 6.19. The number of ether oxygens (including phenoxy) is 1. The van der Waals surface area contributed by atoms with Crippen molar-refractivity contribution in [1.82, 2.24) is 9.38 Å². The molecule has 0 saturated heterocycles. The first-order chi connectivity index (χ1) is 10.1. The lowest BCUT2D eigenvalue weighted by atomic mass is 10.2. The molecule has 21 heavy (non-hydrogen) atoms. The zero-order chi connectivity index (χ0) is 15.0. The van der Waals surface area contributed by atoms with E-state index in [0.717, 1.165) is 0 Å². The van der Waals surface area contributed by atoms with Crippen LogP contribution >= 0.6 is 0 Å². The summed E-state index contributed by atoms with van der Waals surface area (Å²) < 4.78 is 6.71. The highest BCUT2D eigenvalue weighted by atomic mass is 16.5. The Morgan fingerprint density at radius 1 is 1.29 bits per heavy atom. The van der Waals surface area contributed by atoms with Crippen LogP contribution in [-0.2, 0) is 0 Å². The first-order valence-corrected chi connectivity index (χ1v) is 6.19. The Kier molecular flexibility index (Phi) is 2.98. The summed E-state index contributed by atoms with van der Waals surface area (Å²) >= 11 is 0. The third kappa shape index (κ3) is 2.16. The zero-order valence-corrected chi connectivity index (χ0v) is 11.1. The van der Waals surface area contributed by atoms with E-state index in [2.05, 4.69) is 4.98 Å². The number of aromatic nitrogens is 2. The summed E-state index contributed by atoms with van der Waals surface area (Å²) in [7, 11) is 1.55. The molecule has 3 rings (SSSR count). The van der Waals surface area contributed by atoms with Crippen LogP contribution in [0.5, 0.6) is 11.5 Å². The number of methoxy groups -OCH3 is 1. The minimum absolute atomic E-state index is 0.0287. The Morgan fingerprint density at radius 3 is 2.81 bits per heavy atom. The molecule has 1 aromatic carbocycles. The second-order valence-electron chi connectivity index (χ2n) is 4.46. The summed E-state index contributed by atoms with van der Waals surface area (Å²) in [5.74, 6) is -0.0215. The monoisotopic (exact) mass is 284 g/mol. The van der Waals surface area contributed by atoms with E-state index in [1.807, 2.05) is 0 Å². The largest absolute Gasteiger partial charge is 0.506 e. The average Bonchev–Trinajstić information content (AvgIpc) is 2.86. The molecule has 0 aliphatic carbocycles. The number of aromatic hydroxyl groups is 1. The molecule has 106 valence electrons. The van der Waals surface area contributed by atoms with Gasteiger partial charge in [-0.2, -0.15) is 0 Å². The number of nitrogens with zero attached hydrogens (tertiary/aromatic N) is 2. The van der Waals surface area contributed by atoms with Gasteiger partial charge in [0.1, 0.15) is 17.3 Å². The number of carbonyl (C=O) groups is 1. The molecule has 2 heterocycles. The van der Waals surface area contributed by atoms with E-state index in [0.29, 0.717) is 22.7 Å². The fraction of sp³-hybridized carbons (Fsp3) is 0.0667. The van der Waals surface area contributed by atoms with E-state index in [4.69, 9.17) is 4.74 Å². The molecule has 0 saturated carbocycles.